The maximum absolute atomic E-state index is 3.73. The lowest BCUT2D eigenvalue weighted by Crippen LogP contribution is -2.66. The largest absolute Gasteiger partial charge is 0.311 e. The fourth-order valence-corrected chi connectivity index (χ4v) is 2.49. The van der Waals surface area contributed by atoms with Gasteiger partial charge < -0.3 is 10.6 Å². The van der Waals surface area contributed by atoms with Crippen LogP contribution in [0.5, 0.6) is 0 Å². The van der Waals surface area contributed by atoms with Crippen LogP contribution in [0.2, 0.25) is 0 Å². The summed E-state index contributed by atoms with van der Waals surface area (Å²) in [4.78, 5) is 0. The summed E-state index contributed by atoms with van der Waals surface area (Å²) >= 11 is 0. The van der Waals surface area contributed by atoms with Crippen molar-refractivity contribution < 1.29 is 0 Å². The lowest BCUT2D eigenvalue weighted by Gasteiger charge is -2.45. The van der Waals surface area contributed by atoms with Crippen molar-refractivity contribution in [1.82, 2.24) is 10.6 Å². The average molecular weight is 168 g/mol. The summed E-state index contributed by atoms with van der Waals surface area (Å²) in [5, 5.41) is 7.38. The van der Waals surface area contributed by atoms with Gasteiger partial charge in [-0.1, -0.05) is 12.8 Å². The average Bonchev–Trinajstić information content (AvgIpc) is 2.02. The van der Waals surface area contributed by atoms with Crippen molar-refractivity contribution in [3.63, 3.8) is 0 Å². The van der Waals surface area contributed by atoms with E-state index < -0.39 is 0 Å². The summed E-state index contributed by atoms with van der Waals surface area (Å²) in [7, 11) is 0. The highest BCUT2D eigenvalue weighted by molar-refractivity contribution is 4.98. The number of hydrogen-bond acceptors (Lipinski definition) is 2. The van der Waals surface area contributed by atoms with E-state index in [4.69, 9.17) is 0 Å². The molecule has 70 valence electrons. The minimum Gasteiger partial charge on any atom is -0.311 e. The van der Waals surface area contributed by atoms with E-state index in [1.54, 1.807) is 0 Å². The summed E-state index contributed by atoms with van der Waals surface area (Å²) in [6.45, 7) is 5.68. The molecule has 1 heterocycles. The highest BCUT2D eigenvalue weighted by atomic mass is 15.1. The van der Waals surface area contributed by atoms with Crippen LogP contribution >= 0.6 is 0 Å². The molecule has 12 heavy (non-hydrogen) atoms. The van der Waals surface area contributed by atoms with Crippen molar-refractivity contribution in [2.75, 3.05) is 6.54 Å². The van der Waals surface area contributed by atoms with Crippen LogP contribution in [0.1, 0.15) is 39.5 Å². The van der Waals surface area contributed by atoms with Gasteiger partial charge in [-0.25, -0.2) is 0 Å². The Kier molecular flexibility index (Phi) is 2.13. The molecule has 2 atom stereocenters. The van der Waals surface area contributed by atoms with Crippen molar-refractivity contribution in [1.29, 1.82) is 0 Å². The standard InChI is InChI=1S/C10H20N2/c1-10(2)7-11-8-5-3-4-6-9(8)12-10/h8-9,11-12H,3-7H2,1-2H3/t8-,9+/m1/s1. The minimum absolute atomic E-state index is 0.304. The molecule has 0 amide bonds. The molecule has 0 aromatic heterocycles. The fraction of sp³-hybridized carbons (Fsp3) is 1.00. The SMILES string of the molecule is CC1(C)CN[C@@H]2CCCC[C@@H]2N1. The molecule has 0 radical (unpaired) electrons. The van der Waals surface area contributed by atoms with Crippen molar-refractivity contribution in [2.45, 2.75) is 57.2 Å². The summed E-state index contributed by atoms with van der Waals surface area (Å²) < 4.78 is 0. The lowest BCUT2D eigenvalue weighted by atomic mass is 9.85. The first-order valence-corrected chi connectivity index (χ1v) is 5.18. The second-order valence-corrected chi connectivity index (χ2v) is 4.91. The van der Waals surface area contributed by atoms with Gasteiger partial charge in [-0.05, 0) is 26.7 Å². The van der Waals surface area contributed by atoms with Gasteiger partial charge in [-0.2, -0.15) is 0 Å². The number of hydrogen-bond donors (Lipinski definition) is 2. The van der Waals surface area contributed by atoms with Gasteiger partial charge in [0.05, 0.1) is 0 Å². The third kappa shape index (κ3) is 1.64. The molecule has 2 heteroatoms. The first-order chi connectivity index (χ1) is 5.67. The second-order valence-electron chi connectivity index (χ2n) is 4.91. The van der Waals surface area contributed by atoms with Crippen molar-refractivity contribution >= 4 is 0 Å². The molecule has 0 unspecified atom stereocenters. The van der Waals surface area contributed by atoms with Gasteiger partial charge in [0.2, 0.25) is 0 Å². The van der Waals surface area contributed by atoms with Crippen LogP contribution in [0.25, 0.3) is 0 Å². The van der Waals surface area contributed by atoms with Crippen molar-refractivity contribution in [3.05, 3.63) is 0 Å². The number of piperazine rings is 1. The predicted octanol–water partition coefficient (Wildman–Crippen LogP) is 1.27. The van der Waals surface area contributed by atoms with Crippen molar-refractivity contribution in [2.24, 2.45) is 0 Å². The highest BCUT2D eigenvalue weighted by Crippen LogP contribution is 2.23. The van der Waals surface area contributed by atoms with E-state index in [0.717, 1.165) is 18.6 Å². The fourth-order valence-electron chi connectivity index (χ4n) is 2.49. The van der Waals surface area contributed by atoms with Gasteiger partial charge in [0.15, 0.2) is 0 Å². The molecular weight excluding hydrogens is 148 g/mol. The first kappa shape index (κ1) is 8.52. The van der Waals surface area contributed by atoms with Crippen molar-refractivity contribution in [3.8, 4) is 0 Å². The van der Waals surface area contributed by atoms with Gasteiger partial charge in [-0.15, -0.1) is 0 Å². The topological polar surface area (TPSA) is 24.1 Å². The van der Waals surface area contributed by atoms with Gasteiger partial charge in [0.25, 0.3) is 0 Å². The Bertz CT molecular complexity index is 165. The molecular formula is C10H20N2. The van der Waals surface area contributed by atoms with Crippen LogP contribution in [0.15, 0.2) is 0 Å². The Hall–Kier alpha value is -0.0800. The second kappa shape index (κ2) is 3.00. The molecule has 1 aliphatic heterocycles. The van der Waals surface area contributed by atoms with Crippen LogP contribution in [0.4, 0.5) is 0 Å². The molecule has 2 rings (SSSR count). The van der Waals surface area contributed by atoms with Crippen LogP contribution in [0.3, 0.4) is 0 Å². The lowest BCUT2D eigenvalue weighted by molar-refractivity contribution is 0.169. The van der Waals surface area contributed by atoms with Crippen LogP contribution in [-0.2, 0) is 0 Å². The third-order valence-electron chi connectivity index (χ3n) is 3.15. The Labute approximate surface area is 75.1 Å². The molecule has 2 aliphatic rings. The summed E-state index contributed by atoms with van der Waals surface area (Å²) in [5.41, 5.74) is 0.304. The molecule has 1 saturated carbocycles. The zero-order chi connectivity index (χ0) is 8.60. The monoisotopic (exact) mass is 168 g/mol. The van der Waals surface area contributed by atoms with E-state index in [9.17, 15) is 0 Å². The zero-order valence-electron chi connectivity index (χ0n) is 8.19. The molecule has 0 aromatic rings. The number of rotatable bonds is 0. The molecule has 2 fully saturated rings. The number of nitrogens with one attached hydrogen (secondary N) is 2. The van der Waals surface area contributed by atoms with E-state index >= 15 is 0 Å². The Morgan fingerprint density at radius 1 is 1.08 bits per heavy atom. The highest BCUT2D eigenvalue weighted by Gasteiger charge is 2.34. The van der Waals surface area contributed by atoms with Gasteiger partial charge in [0.1, 0.15) is 0 Å². The molecule has 1 saturated heterocycles. The minimum atomic E-state index is 0.304. The summed E-state index contributed by atoms with van der Waals surface area (Å²) in [6.07, 6.45) is 5.55. The molecule has 2 nitrogen and oxygen atoms in total. The van der Waals surface area contributed by atoms with Crippen LogP contribution in [-0.4, -0.2) is 24.2 Å². The van der Waals surface area contributed by atoms with Gasteiger partial charge in [-0.3, -0.25) is 0 Å². The smallest absolute Gasteiger partial charge is 0.0252 e. The molecule has 0 spiro atoms. The zero-order valence-corrected chi connectivity index (χ0v) is 8.19. The van der Waals surface area contributed by atoms with E-state index in [2.05, 4.69) is 24.5 Å². The van der Waals surface area contributed by atoms with Gasteiger partial charge in [0, 0.05) is 24.2 Å². The first-order valence-electron chi connectivity index (χ1n) is 5.18. The normalized spacial score (nSPS) is 40.5. The quantitative estimate of drug-likeness (QED) is 0.569. The molecule has 1 aliphatic carbocycles. The van der Waals surface area contributed by atoms with Crippen LogP contribution < -0.4 is 10.6 Å². The maximum atomic E-state index is 3.73. The van der Waals surface area contributed by atoms with E-state index in [0.29, 0.717) is 5.54 Å². The molecule has 0 aromatic carbocycles. The molecule has 0 bridgehead atoms. The van der Waals surface area contributed by atoms with Gasteiger partial charge >= 0.3 is 0 Å². The van der Waals surface area contributed by atoms with E-state index in [1.165, 1.54) is 25.7 Å². The maximum Gasteiger partial charge on any atom is 0.0252 e. The summed E-state index contributed by atoms with van der Waals surface area (Å²) in [6, 6.07) is 1.49. The van der Waals surface area contributed by atoms with E-state index in [1.807, 2.05) is 0 Å². The van der Waals surface area contributed by atoms with E-state index in [-0.39, 0.29) is 0 Å². The Morgan fingerprint density at radius 2 is 1.75 bits per heavy atom. The molecule has 2 N–H and O–H groups in total. The Balaban J connectivity index is 1.99. The third-order valence-corrected chi connectivity index (χ3v) is 3.15. The number of fused-ring (bicyclic) bond motifs is 1. The predicted molar refractivity (Wildman–Crippen MR) is 51.3 cm³/mol. The van der Waals surface area contributed by atoms with Crippen LogP contribution in [0, 0.1) is 0 Å². The summed E-state index contributed by atoms with van der Waals surface area (Å²) in [5.74, 6) is 0. The Morgan fingerprint density at radius 3 is 2.50 bits per heavy atom.